The van der Waals surface area contributed by atoms with Crippen LogP contribution in [0.15, 0.2) is 24.4 Å². The van der Waals surface area contributed by atoms with Crippen molar-refractivity contribution in [2.45, 2.75) is 0 Å². The molecule has 0 saturated heterocycles. The van der Waals surface area contributed by atoms with Gasteiger partial charge in [0.2, 0.25) is 0 Å². The number of nitrogen functional groups attached to an aromatic ring is 1. The molecule has 2 rings (SSSR count). The molecule has 4 nitrogen and oxygen atoms in total. The second kappa shape index (κ2) is 2.58. The van der Waals surface area contributed by atoms with Crippen LogP contribution in [-0.2, 0) is 0 Å². The molecule has 0 unspecified atom stereocenters. The molecule has 0 aliphatic heterocycles. The maximum absolute atomic E-state index is 9.54. The van der Waals surface area contributed by atoms with Crippen molar-refractivity contribution in [2.75, 3.05) is 12.8 Å². The first kappa shape index (κ1) is 7.79. The fraction of sp³-hybridized carbons (Fsp3) is 0.111. The van der Waals surface area contributed by atoms with E-state index in [9.17, 15) is 5.11 Å². The van der Waals surface area contributed by atoms with E-state index in [1.807, 2.05) is 0 Å². The fourth-order valence-electron chi connectivity index (χ4n) is 1.39. The van der Waals surface area contributed by atoms with E-state index in [4.69, 9.17) is 10.6 Å². The molecular weight excluding hydrogens is 168 g/mol. The van der Waals surface area contributed by atoms with Gasteiger partial charge in [0.25, 0.3) is 0 Å². The Bertz CT molecular complexity index is 448. The Morgan fingerprint density at radius 1 is 1.38 bits per heavy atom. The van der Waals surface area contributed by atoms with Crippen molar-refractivity contribution in [3.63, 3.8) is 0 Å². The number of hydrogen-bond donors (Lipinski definition) is 2. The average molecular weight is 178 g/mol. The van der Waals surface area contributed by atoms with E-state index >= 15 is 0 Å². The molecule has 0 amide bonds. The molecule has 68 valence electrons. The van der Waals surface area contributed by atoms with Crippen LogP contribution in [0.3, 0.4) is 0 Å². The van der Waals surface area contributed by atoms with Crippen molar-refractivity contribution >= 4 is 16.6 Å². The van der Waals surface area contributed by atoms with E-state index in [-0.39, 0.29) is 5.75 Å². The minimum Gasteiger partial charge on any atom is -0.506 e. The molecule has 0 bridgehead atoms. The van der Waals surface area contributed by atoms with Gasteiger partial charge in [0, 0.05) is 17.3 Å². The van der Waals surface area contributed by atoms with Gasteiger partial charge in [0.1, 0.15) is 18.4 Å². The summed E-state index contributed by atoms with van der Waals surface area (Å²) in [5, 5.41) is 10.3. The van der Waals surface area contributed by atoms with Crippen LogP contribution in [0, 0.1) is 0 Å². The highest BCUT2D eigenvalue weighted by atomic mass is 16.6. The molecule has 1 heterocycles. The molecule has 1 aromatic heterocycles. The Morgan fingerprint density at radius 2 is 2.15 bits per heavy atom. The lowest BCUT2D eigenvalue weighted by Crippen LogP contribution is -2.03. The lowest BCUT2D eigenvalue weighted by Gasteiger charge is -2.04. The molecular formula is C9H10N2O2. The number of nitrogens with two attached hydrogens (primary N) is 1. The number of aromatic hydroxyl groups is 1. The third-order valence-electron chi connectivity index (χ3n) is 2.02. The summed E-state index contributed by atoms with van der Waals surface area (Å²) in [5.41, 5.74) is 6.94. The van der Waals surface area contributed by atoms with Crippen LogP contribution in [0.4, 0.5) is 5.69 Å². The molecule has 0 spiro atoms. The van der Waals surface area contributed by atoms with Gasteiger partial charge in [-0.3, -0.25) is 0 Å². The zero-order valence-electron chi connectivity index (χ0n) is 7.19. The maximum atomic E-state index is 9.54. The standard InChI is InChI=1S/C9H10N2O2/c1-13-11-5-4-6-7(10)2-3-8(12)9(6)11/h2-5,12H,10H2,1H3. The molecule has 13 heavy (non-hydrogen) atoms. The van der Waals surface area contributed by atoms with E-state index in [0.717, 1.165) is 5.39 Å². The smallest absolute Gasteiger partial charge is 0.143 e. The van der Waals surface area contributed by atoms with E-state index in [1.54, 1.807) is 24.4 Å². The van der Waals surface area contributed by atoms with E-state index in [2.05, 4.69) is 0 Å². The van der Waals surface area contributed by atoms with Crippen molar-refractivity contribution < 1.29 is 9.94 Å². The number of hydrogen-bond acceptors (Lipinski definition) is 3. The van der Waals surface area contributed by atoms with Crippen LogP contribution >= 0.6 is 0 Å². The molecule has 0 fully saturated rings. The zero-order chi connectivity index (χ0) is 9.42. The Morgan fingerprint density at radius 3 is 2.85 bits per heavy atom. The average Bonchev–Trinajstić information content (AvgIpc) is 2.56. The molecule has 1 aromatic carbocycles. The van der Waals surface area contributed by atoms with Gasteiger partial charge in [-0.2, -0.15) is 4.73 Å². The van der Waals surface area contributed by atoms with Crippen molar-refractivity contribution in [3.05, 3.63) is 24.4 Å². The fourth-order valence-corrected chi connectivity index (χ4v) is 1.39. The predicted molar refractivity (Wildman–Crippen MR) is 50.5 cm³/mol. The molecule has 0 radical (unpaired) electrons. The Balaban J connectivity index is 2.87. The highest BCUT2D eigenvalue weighted by Crippen LogP contribution is 2.29. The molecule has 2 aromatic rings. The molecule has 0 aliphatic rings. The van der Waals surface area contributed by atoms with Crippen molar-refractivity contribution in [1.82, 2.24) is 4.73 Å². The van der Waals surface area contributed by atoms with Gasteiger partial charge in [-0.25, -0.2) is 0 Å². The summed E-state index contributed by atoms with van der Waals surface area (Å²) >= 11 is 0. The first-order chi connectivity index (χ1) is 6.24. The highest BCUT2D eigenvalue weighted by Gasteiger charge is 2.08. The minimum absolute atomic E-state index is 0.163. The van der Waals surface area contributed by atoms with E-state index in [0.29, 0.717) is 11.2 Å². The molecule has 3 N–H and O–H groups in total. The lowest BCUT2D eigenvalue weighted by atomic mass is 10.2. The van der Waals surface area contributed by atoms with Gasteiger partial charge in [0.05, 0.1) is 0 Å². The first-order valence-corrected chi connectivity index (χ1v) is 3.87. The monoisotopic (exact) mass is 178 g/mol. The van der Waals surface area contributed by atoms with Crippen molar-refractivity contribution in [3.8, 4) is 5.75 Å². The zero-order valence-corrected chi connectivity index (χ0v) is 7.19. The predicted octanol–water partition coefficient (Wildman–Crippen LogP) is 0.987. The molecule has 0 atom stereocenters. The summed E-state index contributed by atoms with van der Waals surface area (Å²) < 4.78 is 1.47. The molecule has 4 heteroatoms. The van der Waals surface area contributed by atoms with Crippen molar-refractivity contribution in [1.29, 1.82) is 0 Å². The second-order valence-electron chi connectivity index (χ2n) is 2.76. The van der Waals surface area contributed by atoms with Crippen LogP contribution in [0.25, 0.3) is 10.9 Å². The second-order valence-corrected chi connectivity index (χ2v) is 2.76. The minimum atomic E-state index is 0.163. The Kier molecular flexibility index (Phi) is 1.55. The van der Waals surface area contributed by atoms with Gasteiger partial charge in [-0.15, -0.1) is 0 Å². The third kappa shape index (κ3) is 0.989. The normalized spacial score (nSPS) is 10.5. The van der Waals surface area contributed by atoms with Crippen LogP contribution in [0.2, 0.25) is 0 Å². The van der Waals surface area contributed by atoms with E-state index in [1.165, 1.54) is 11.8 Å². The number of anilines is 1. The highest BCUT2D eigenvalue weighted by molar-refractivity contribution is 5.94. The molecule has 0 saturated carbocycles. The summed E-state index contributed by atoms with van der Waals surface area (Å²) in [6, 6.07) is 5.01. The summed E-state index contributed by atoms with van der Waals surface area (Å²) in [4.78, 5) is 5.00. The summed E-state index contributed by atoms with van der Waals surface area (Å²) in [6.07, 6.45) is 1.71. The maximum Gasteiger partial charge on any atom is 0.143 e. The van der Waals surface area contributed by atoms with Crippen LogP contribution in [0.5, 0.6) is 5.75 Å². The van der Waals surface area contributed by atoms with Gasteiger partial charge < -0.3 is 15.7 Å². The van der Waals surface area contributed by atoms with Crippen LogP contribution in [0.1, 0.15) is 0 Å². The summed E-state index contributed by atoms with van der Waals surface area (Å²) in [7, 11) is 1.53. The topological polar surface area (TPSA) is 60.4 Å². The van der Waals surface area contributed by atoms with Crippen LogP contribution in [-0.4, -0.2) is 16.9 Å². The Hall–Kier alpha value is -1.84. The first-order valence-electron chi connectivity index (χ1n) is 3.87. The largest absolute Gasteiger partial charge is 0.506 e. The number of nitrogens with zero attached hydrogens (tertiary/aromatic N) is 1. The number of aromatic nitrogens is 1. The SMILES string of the molecule is COn1ccc2c(N)ccc(O)c21. The van der Waals surface area contributed by atoms with E-state index < -0.39 is 0 Å². The Labute approximate surface area is 75.1 Å². The van der Waals surface area contributed by atoms with Gasteiger partial charge in [-0.1, -0.05) is 0 Å². The number of phenolic OH excluding ortho intramolecular Hbond substituents is 1. The van der Waals surface area contributed by atoms with Gasteiger partial charge in [-0.05, 0) is 18.2 Å². The summed E-state index contributed by atoms with van der Waals surface area (Å²) in [6.45, 7) is 0. The molecule has 0 aliphatic carbocycles. The quantitative estimate of drug-likeness (QED) is 0.505. The van der Waals surface area contributed by atoms with Gasteiger partial charge in [0.15, 0.2) is 0 Å². The number of benzene rings is 1. The number of fused-ring (bicyclic) bond motifs is 1. The number of phenols is 1. The third-order valence-corrected chi connectivity index (χ3v) is 2.02. The summed E-state index contributed by atoms with van der Waals surface area (Å²) in [5.74, 6) is 0.163. The van der Waals surface area contributed by atoms with Gasteiger partial charge >= 0.3 is 0 Å². The lowest BCUT2D eigenvalue weighted by molar-refractivity contribution is 0.178. The van der Waals surface area contributed by atoms with Crippen molar-refractivity contribution in [2.24, 2.45) is 0 Å². The van der Waals surface area contributed by atoms with Crippen LogP contribution < -0.4 is 10.6 Å². The number of rotatable bonds is 1.